The second kappa shape index (κ2) is 12.4. The third-order valence-corrected chi connectivity index (χ3v) is 7.87. The number of nitrogens with two attached hydrogens (primary N) is 2. The van der Waals surface area contributed by atoms with Crippen molar-refractivity contribution in [2.45, 2.75) is 44.6 Å². The highest BCUT2D eigenvalue weighted by Gasteiger charge is 2.32. The number of thiophene rings is 1. The van der Waals surface area contributed by atoms with Crippen molar-refractivity contribution in [1.29, 1.82) is 5.26 Å². The lowest BCUT2D eigenvalue weighted by Crippen LogP contribution is -2.32. The zero-order valence-corrected chi connectivity index (χ0v) is 21.6. The van der Waals surface area contributed by atoms with Gasteiger partial charge in [-0.1, -0.05) is 0 Å². The summed E-state index contributed by atoms with van der Waals surface area (Å²) in [5.41, 5.74) is 13.8. The fraction of sp³-hybridized carbons (Fsp3) is 0.560. The van der Waals surface area contributed by atoms with Crippen LogP contribution in [0.5, 0.6) is 0 Å². The highest BCUT2D eigenvalue weighted by molar-refractivity contribution is 7.16. The van der Waals surface area contributed by atoms with Crippen molar-refractivity contribution in [3.8, 4) is 6.07 Å². The first-order valence-electron chi connectivity index (χ1n) is 12.4. The van der Waals surface area contributed by atoms with Crippen LogP contribution in [0.15, 0.2) is 17.3 Å². The van der Waals surface area contributed by atoms with Crippen LogP contribution in [-0.2, 0) is 22.5 Å². The molecule has 11 heteroatoms. The van der Waals surface area contributed by atoms with Crippen molar-refractivity contribution in [3.05, 3.63) is 39.8 Å². The van der Waals surface area contributed by atoms with E-state index in [4.69, 9.17) is 16.2 Å². The Morgan fingerprint density at radius 3 is 2.92 bits per heavy atom. The molecule has 3 heterocycles. The number of carbonyl (C=O) groups is 1. The standard InChI is InChI=1S/C25H34N8O2S/c1-35-14-4-11-32-9-3-10-33(13-12-32)16-21-29-8-7-19(30-21)23(27)31-25(34)17-5-2-6-20-22(17)18(15-26)24(28)36-20/h7-8,17H,2-6,9-14,16,28H2,1H3,(H2,27,31,34)/t17-/m0/s1. The van der Waals surface area contributed by atoms with Crippen molar-refractivity contribution in [1.82, 2.24) is 19.8 Å². The Hall–Kier alpha value is -2.91. The Balaban J connectivity index is 1.41. The molecule has 0 radical (unpaired) electrons. The maximum Gasteiger partial charge on any atom is 0.255 e. The summed E-state index contributed by atoms with van der Waals surface area (Å²) in [6.45, 7) is 6.45. The third-order valence-electron chi connectivity index (χ3n) is 6.77. The number of methoxy groups -OCH3 is 1. The van der Waals surface area contributed by atoms with E-state index in [2.05, 4.69) is 30.8 Å². The average molecular weight is 511 g/mol. The normalized spacial score (nSPS) is 19.4. The van der Waals surface area contributed by atoms with Crippen molar-refractivity contribution < 1.29 is 9.53 Å². The van der Waals surface area contributed by atoms with Crippen LogP contribution in [0, 0.1) is 11.3 Å². The number of hydrogen-bond donors (Lipinski definition) is 2. The van der Waals surface area contributed by atoms with Crippen LogP contribution in [0.3, 0.4) is 0 Å². The highest BCUT2D eigenvalue weighted by atomic mass is 32.1. The minimum Gasteiger partial charge on any atom is -0.389 e. The van der Waals surface area contributed by atoms with E-state index >= 15 is 0 Å². The first-order chi connectivity index (χ1) is 17.5. The van der Waals surface area contributed by atoms with Gasteiger partial charge in [-0.2, -0.15) is 10.3 Å². The number of aryl methyl sites for hydroxylation is 1. The molecule has 1 aliphatic carbocycles. The number of fused-ring (bicyclic) bond motifs is 1. The van der Waals surface area contributed by atoms with Gasteiger partial charge in [-0.25, -0.2) is 9.97 Å². The van der Waals surface area contributed by atoms with Crippen LogP contribution in [0.4, 0.5) is 5.00 Å². The number of aromatic nitrogens is 2. The number of anilines is 1. The Morgan fingerprint density at radius 2 is 2.11 bits per heavy atom. The maximum atomic E-state index is 13.1. The number of nitrogen functional groups attached to an aromatic ring is 1. The van der Waals surface area contributed by atoms with E-state index in [0.717, 1.165) is 75.5 Å². The van der Waals surface area contributed by atoms with Gasteiger partial charge in [0.2, 0.25) is 0 Å². The van der Waals surface area contributed by atoms with Crippen LogP contribution in [0.25, 0.3) is 0 Å². The van der Waals surface area contributed by atoms with Crippen molar-refractivity contribution >= 4 is 28.1 Å². The summed E-state index contributed by atoms with van der Waals surface area (Å²) in [4.78, 5) is 32.1. The van der Waals surface area contributed by atoms with Crippen LogP contribution in [0.1, 0.15) is 59.1 Å². The van der Waals surface area contributed by atoms with Gasteiger partial charge in [0, 0.05) is 44.4 Å². The van der Waals surface area contributed by atoms with Crippen molar-refractivity contribution in [3.63, 3.8) is 0 Å². The molecule has 0 spiro atoms. The van der Waals surface area contributed by atoms with E-state index < -0.39 is 5.92 Å². The molecule has 0 saturated carbocycles. The molecule has 2 aromatic heterocycles. The highest BCUT2D eigenvalue weighted by Crippen LogP contribution is 2.42. The third kappa shape index (κ3) is 6.25. The number of rotatable bonds is 8. The smallest absolute Gasteiger partial charge is 0.255 e. The molecule has 192 valence electrons. The number of hydrogen-bond acceptors (Lipinski definition) is 9. The number of amidine groups is 1. The van der Waals surface area contributed by atoms with Crippen LogP contribution >= 0.6 is 11.3 Å². The summed E-state index contributed by atoms with van der Waals surface area (Å²) < 4.78 is 5.17. The van der Waals surface area contributed by atoms with E-state index in [-0.39, 0.29) is 11.7 Å². The minimum absolute atomic E-state index is 0.0673. The molecule has 1 amide bonds. The molecule has 0 aromatic carbocycles. The zero-order valence-electron chi connectivity index (χ0n) is 20.8. The molecule has 1 fully saturated rings. The van der Waals surface area contributed by atoms with Gasteiger partial charge in [-0.15, -0.1) is 11.3 Å². The van der Waals surface area contributed by atoms with Gasteiger partial charge >= 0.3 is 0 Å². The van der Waals surface area contributed by atoms with E-state index in [1.54, 1.807) is 19.4 Å². The maximum absolute atomic E-state index is 13.1. The number of nitriles is 1. The molecule has 36 heavy (non-hydrogen) atoms. The number of carbonyl (C=O) groups excluding carboxylic acids is 1. The predicted molar refractivity (Wildman–Crippen MR) is 140 cm³/mol. The molecular weight excluding hydrogens is 476 g/mol. The number of nitrogens with zero attached hydrogens (tertiary/aromatic N) is 6. The molecule has 0 unspecified atom stereocenters. The summed E-state index contributed by atoms with van der Waals surface area (Å²) in [5, 5.41) is 10.0. The molecule has 10 nitrogen and oxygen atoms in total. The summed E-state index contributed by atoms with van der Waals surface area (Å²) in [7, 11) is 1.74. The average Bonchev–Trinajstić information content (AvgIpc) is 3.04. The summed E-state index contributed by atoms with van der Waals surface area (Å²) >= 11 is 1.39. The zero-order chi connectivity index (χ0) is 25.5. The van der Waals surface area contributed by atoms with Crippen LogP contribution in [-0.4, -0.2) is 78.0 Å². The fourth-order valence-corrected chi connectivity index (χ4v) is 6.07. The lowest BCUT2D eigenvalue weighted by Gasteiger charge is -2.21. The van der Waals surface area contributed by atoms with Gasteiger partial charge in [0.15, 0.2) is 5.84 Å². The molecule has 2 aromatic rings. The van der Waals surface area contributed by atoms with Gasteiger partial charge < -0.3 is 21.1 Å². The molecule has 1 atom stereocenters. The summed E-state index contributed by atoms with van der Waals surface area (Å²) in [6, 6.07) is 3.83. The summed E-state index contributed by atoms with van der Waals surface area (Å²) in [6.07, 6.45) is 6.09. The quantitative estimate of drug-likeness (QED) is 0.309. The number of ether oxygens (including phenoxy) is 1. The molecule has 2 aliphatic rings. The Morgan fingerprint density at radius 1 is 1.31 bits per heavy atom. The molecule has 1 aliphatic heterocycles. The minimum atomic E-state index is -0.499. The van der Waals surface area contributed by atoms with Gasteiger partial charge in [-0.05, 0) is 56.8 Å². The molecular formula is C25H34N8O2S. The monoisotopic (exact) mass is 510 g/mol. The fourth-order valence-electron chi connectivity index (χ4n) is 4.95. The molecule has 4 rings (SSSR count). The Labute approximate surface area is 216 Å². The Kier molecular flexibility index (Phi) is 8.98. The van der Waals surface area contributed by atoms with Gasteiger partial charge in [0.05, 0.1) is 18.0 Å². The van der Waals surface area contributed by atoms with E-state index in [1.165, 1.54) is 11.3 Å². The topological polar surface area (TPSA) is 147 Å². The molecule has 1 saturated heterocycles. The second-order valence-electron chi connectivity index (χ2n) is 9.25. The van der Waals surface area contributed by atoms with E-state index in [1.807, 2.05) is 0 Å². The largest absolute Gasteiger partial charge is 0.389 e. The van der Waals surface area contributed by atoms with Gasteiger partial charge in [-0.3, -0.25) is 9.69 Å². The van der Waals surface area contributed by atoms with E-state index in [0.29, 0.717) is 35.0 Å². The lowest BCUT2D eigenvalue weighted by molar-refractivity contribution is -0.119. The van der Waals surface area contributed by atoms with E-state index in [9.17, 15) is 10.1 Å². The lowest BCUT2D eigenvalue weighted by atomic mass is 9.85. The first-order valence-corrected chi connectivity index (χ1v) is 13.3. The first kappa shape index (κ1) is 26.2. The van der Waals surface area contributed by atoms with Crippen molar-refractivity contribution in [2.24, 2.45) is 10.7 Å². The van der Waals surface area contributed by atoms with Crippen LogP contribution in [0.2, 0.25) is 0 Å². The summed E-state index contributed by atoms with van der Waals surface area (Å²) in [5.74, 6) is -0.134. The molecule has 4 N–H and O–H groups in total. The van der Waals surface area contributed by atoms with Crippen molar-refractivity contribution in [2.75, 3.05) is 52.2 Å². The molecule has 0 bridgehead atoms. The predicted octanol–water partition coefficient (Wildman–Crippen LogP) is 1.89. The van der Waals surface area contributed by atoms with Crippen LogP contribution < -0.4 is 11.5 Å². The van der Waals surface area contributed by atoms with Gasteiger partial charge in [0.1, 0.15) is 22.6 Å². The second-order valence-corrected chi connectivity index (χ2v) is 10.4. The van der Waals surface area contributed by atoms with Gasteiger partial charge in [0.25, 0.3) is 5.91 Å². The number of aliphatic imine (C=N–C) groups is 1. The Bertz CT molecular complexity index is 1140. The SMILES string of the molecule is COCCCN1CCCN(Cc2nccc(C(N)=NC(=O)[C@H]3CCCc4sc(N)c(C#N)c43)n2)CC1. The number of amides is 1.